The molecule has 0 radical (unpaired) electrons. The molecule has 0 aliphatic carbocycles. The molecule has 0 saturated carbocycles. The minimum Gasteiger partial charge on any atom is -0.394 e. The van der Waals surface area contributed by atoms with Gasteiger partial charge in [-0.15, -0.1) is 0 Å². The molecule has 2 amide bonds. The summed E-state index contributed by atoms with van der Waals surface area (Å²) in [6, 6.07) is 15.2. The number of amides is 2. The Bertz CT molecular complexity index is 1010. The molecule has 1 aliphatic rings. The maximum atomic E-state index is 13.8. The second-order valence-electron chi connectivity index (χ2n) is 9.85. The number of likely N-dealkylation sites (N-methyl/N-ethyl adjacent to an activating group) is 1. The highest BCUT2D eigenvalue weighted by molar-refractivity contribution is 6.01. The van der Waals surface area contributed by atoms with E-state index in [1.165, 1.54) is 0 Å². The van der Waals surface area contributed by atoms with Gasteiger partial charge in [-0.2, -0.15) is 0 Å². The van der Waals surface area contributed by atoms with Gasteiger partial charge in [-0.3, -0.25) is 9.59 Å². The van der Waals surface area contributed by atoms with Crippen LogP contribution in [0.3, 0.4) is 0 Å². The number of benzene rings is 2. The van der Waals surface area contributed by atoms with Crippen molar-refractivity contribution in [3.05, 3.63) is 59.7 Å². The van der Waals surface area contributed by atoms with Crippen LogP contribution in [-0.4, -0.2) is 91.2 Å². The summed E-state index contributed by atoms with van der Waals surface area (Å²) in [5.74, 6) is -0.109. The number of rotatable bonds is 7. The van der Waals surface area contributed by atoms with Crippen molar-refractivity contribution in [2.45, 2.75) is 39.0 Å². The smallest absolute Gasteiger partial charge is 0.254 e. The van der Waals surface area contributed by atoms with Crippen molar-refractivity contribution in [2.24, 2.45) is 5.92 Å². The highest BCUT2D eigenvalue weighted by atomic mass is 16.5. The standard InChI is InChI=1S/C28H39N3O4/c1-20-16-31(21(2)18-32)28(34)25-13-9-8-12-24(25)23-11-7-6-10-22(23)19-35-26(20)17-30(5)27(33)14-15-29(3)4/h6-13,20-21,26,32H,14-19H2,1-5H3/t20-,21-,26-/m1/s1. The SMILES string of the molecule is C[C@@H]1CN([C@H](C)CO)C(=O)c2ccccc2-c2ccccc2CO[C@@H]1CN(C)C(=O)CCN(C)C. The predicted octanol–water partition coefficient (Wildman–Crippen LogP) is 3.12. The Morgan fingerprint density at radius 2 is 1.71 bits per heavy atom. The van der Waals surface area contributed by atoms with Crippen LogP contribution in [0.2, 0.25) is 0 Å². The van der Waals surface area contributed by atoms with Crippen LogP contribution >= 0.6 is 0 Å². The van der Waals surface area contributed by atoms with Crippen molar-refractivity contribution in [3.63, 3.8) is 0 Å². The average Bonchev–Trinajstić information content (AvgIpc) is 2.88. The zero-order chi connectivity index (χ0) is 25.5. The largest absolute Gasteiger partial charge is 0.394 e. The molecule has 2 aromatic rings. The molecule has 0 fully saturated rings. The Balaban J connectivity index is 1.98. The van der Waals surface area contributed by atoms with Gasteiger partial charge < -0.3 is 24.5 Å². The number of nitrogens with zero attached hydrogens (tertiary/aromatic N) is 3. The predicted molar refractivity (Wildman–Crippen MR) is 138 cm³/mol. The molecule has 3 rings (SSSR count). The molecule has 1 aliphatic heterocycles. The number of ether oxygens (including phenoxy) is 1. The molecule has 0 aromatic heterocycles. The molecular formula is C28H39N3O4. The molecule has 1 heterocycles. The summed E-state index contributed by atoms with van der Waals surface area (Å²) in [6.45, 7) is 5.67. The maximum absolute atomic E-state index is 13.8. The molecule has 3 atom stereocenters. The molecule has 2 aromatic carbocycles. The summed E-state index contributed by atoms with van der Waals surface area (Å²) >= 11 is 0. The number of carbonyl (C=O) groups is 2. The van der Waals surface area contributed by atoms with E-state index < -0.39 is 0 Å². The Morgan fingerprint density at radius 1 is 1.09 bits per heavy atom. The number of hydrogen-bond donors (Lipinski definition) is 1. The number of aliphatic hydroxyl groups is 1. The monoisotopic (exact) mass is 481 g/mol. The third kappa shape index (κ3) is 6.69. The van der Waals surface area contributed by atoms with Gasteiger partial charge in [-0.1, -0.05) is 49.4 Å². The molecule has 7 nitrogen and oxygen atoms in total. The lowest BCUT2D eigenvalue weighted by atomic mass is 9.94. The number of carbonyl (C=O) groups excluding carboxylic acids is 2. The van der Waals surface area contributed by atoms with E-state index in [9.17, 15) is 14.7 Å². The lowest BCUT2D eigenvalue weighted by Crippen LogP contribution is -2.47. The first-order valence-electron chi connectivity index (χ1n) is 12.3. The van der Waals surface area contributed by atoms with Gasteiger partial charge in [0.05, 0.1) is 25.4 Å². The van der Waals surface area contributed by atoms with Gasteiger partial charge in [0.1, 0.15) is 0 Å². The fraction of sp³-hybridized carbons (Fsp3) is 0.500. The van der Waals surface area contributed by atoms with E-state index >= 15 is 0 Å². The normalized spacial score (nSPS) is 19.5. The minimum absolute atomic E-state index is 0.0607. The number of hydrogen-bond acceptors (Lipinski definition) is 5. The number of fused-ring (bicyclic) bond motifs is 3. The maximum Gasteiger partial charge on any atom is 0.254 e. The Morgan fingerprint density at radius 3 is 2.37 bits per heavy atom. The first-order valence-corrected chi connectivity index (χ1v) is 12.3. The van der Waals surface area contributed by atoms with Gasteiger partial charge in [0.25, 0.3) is 5.91 Å². The van der Waals surface area contributed by atoms with Crippen LogP contribution in [0.1, 0.15) is 36.2 Å². The van der Waals surface area contributed by atoms with Crippen molar-refractivity contribution in [1.82, 2.24) is 14.7 Å². The van der Waals surface area contributed by atoms with Crippen LogP contribution in [0, 0.1) is 5.92 Å². The minimum atomic E-state index is -0.353. The van der Waals surface area contributed by atoms with Crippen molar-refractivity contribution < 1.29 is 19.4 Å². The zero-order valence-corrected chi connectivity index (χ0v) is 21.6. The highest BCUT2D eigenvalue weighted by Crippen LogP contribution is 2.31. The average molecular weight is 482 g/mol. The van der Waals surface area contributed by atoms with Crippen LogP contribution in [0.4, 0.5) is 0 Å². The van der Waals surface area contributed by atoms with Crippen molar-refractivity contribution in [3.8, 4) is 11.1 Å². The van der Waals surface area contributed by atoms with Crippen LogP contribution in [-0.2, 0) is 16.1 Å². The summed E-state index contributed by atoms with van der Waals surface area (Å²) in [5, 5.41) is 9.95. The van der Waals surface area contributed by atoms with Crippen LogP contribution in [0.15, 0.2) is 48.5 Å². The van der Waals surface area contributed by atoms with Gasteiger partial charge in [0, 0.05) is 44.6 Å². The van der Waals surface area contributed by atoms with E-state index in [2.05, 4.69) is 0 Å². The van der Waals surface area contributed by atoms with Crippen molar-refractivity contribution in [1.29, 1.82) is 0 Å². The molecule has 0 unspecified atom stereocenters. The quantitative estimate of drug-likeness (QED) is 0.658. The van der Waals surface area contributed by atoms with E-state index in [4.69, 9.17) is 4.74 Å². The molecule has 0 saturated heterocycles. The number of aliphatic hydroxyl groups excluding tert-OH is 1. The van der Waals surface area contributed by atoms with E-state index in [1.54, 1.807) is 9.80 Å². The summed E-state index contributed by atoms with van der Waals surface area (Å²) in [5.41, 5.74) is 3.42. The lowest BCUT2D eigenvalue weighted by Gasteiger charge is -2.35. The van der Waals surface area contributed by atoms with Gasteiger partial charge in [0.2, 0.25) is 5.91 Å². The second-order valence-corrected chi connectivity index (χ2v) is 9.85. The first-order chi connectivity index (χ1) is 16.7. The molecule has 0 bridgehead atoms. The van der Waals surface area contributed by atoms with E-state index in [1.807, 2.05) is 88.4 Å². The molecule has 190 valence electrons. The molecule has 0 spiro atoms. The third-order valence-corrected chi connectivity index (χ3v) is 6.75. The van der Waals surface area contributed by atoms with Crippen molar-refractivity contribution in [2.75, 3.05) is 47.4 Å². The Kier molecular flexibility index (Phi) is 9.43. The third-order valence-electron chi connectivity index (χ3n) is 6.75. The van der Waals surface area contributed by atoms with Crippen LogP contribution < -0.4 is 0 Å². The summed E-state index contributed by atoms with van der Waals surface area (Å²) in [4.78, 5) is 32.0. The highest BCUT2D eigenvalue weighted by Gasteiger charge is 2.31. The molecule has 7 heteroatoms. The lowest BCUT2D eigenvalue weighted by molar-refractivity contribution is -0.133. The van der Waals surface area contributed by atoms with Crippen LogP contribution in [0.25, 0.3) is 11.1 Å². The van der Waals surface area contributed by atoms with Gasteiger partial charge in [-0.25, -0.2) is 0 Å². The Labute approximate surface area is 209 Å². The first kappa shape index (κ1) is 26.9. The van der Waals surface area contributed by atoms with Gasteiger partial charge in [-0.05, 0) is 43.8 Å². The van der Waals surface area contributed by atoms with E-state index in [-0.39, 0.29) is 36.5 Å². The van der Waals surface area contributed by atoms with Gasteiger partial charge >= 0.3 is 0 Å². The van der Waals surface area contributed by atoms with Gasteiger partial charge in [0.15, 0.2) is 0 Å². The molecular weight excluding hydrogens is 442 g/mol. The topological polar surface area (TPSA) is 73.3 Å². The summed E-state index contributed by atoms with van der Waals surface area (Å²) < 4.78 is 6.47. The summed E-state index contributed by atoms with van der Waals surface area (Å²) in [7, 11) is 5.71. The Hall–Kier alpha value is -2.74. The van der Waals surface area contributed by atoms with E-state index in [0.29, 0.717) is 38.2 Å². The fourth-order valence-electron chi connectivity index (χ4n) is 4.43. The molecule has 35 heavy (non-hydrogen) atoms. The summed E-state index contributed by atoms with van der Waals surface area (Å²) in [6.07, 6.45) is 0.160. The van der Waals surface area contributed by atoms with Crippen LogP contribution in [0.5, 0.6) is 0 Å². The molecule has 1 N–H and O–H groups in total. The zero-order valence-electron chi connectivity index (χ0n) is 21.6. The van der Waals surface area contributed by atoms with E-state index in [0.717, 1.165) is 16.7 Å². The second kappa shape index (κ2) is 12.3. The fourth-order valence-corrected chi connectivity index (χ4v) is 4.43. The van der Waals surface area contributed by atoms with Crippen molar-refractivity contribution >= 4 is 11.8 Å².